The molecule has 1 aliphatic carbocycles. The molecular formula is C22H25NO6S. The maximum Gasteiger partial charge on any atom is 0.328 e. The summed E-state index contributed by atoms with van der Waals surface area (Å²) in [5.74, 6) is -1.58. The van der Waals surface area contributed by atoms with E-state index in [4.69, 9.17) is 4.74 Å². The minimum atomic E-state index is -3.97. The topological polar surface area (TPSA) is 110 Å². The molecule has 2 aromatic rings. The first-order valence-corrected chi connectivity index (χ1v) is 11.3. The first-order valence-electron chi connectivity index (χ1n) is 9.82. The lowest BCUT2D eigenvalue weighted by Gasteiger charge is -2.26. The molecule has 0 atom stereocenters. The number of hydrogen-bond acceptors (Lipinski definition) is 6. The van der Waals surface area contributed by atoms with Crippen molar-refractivity contribution in [3.8, 4) is 0 Å². The molecule has 0 spiro atoms. The normalized spacial score (nSPS) is 15.7. The van der Waals surface area contributed by atoms with Gasteiger partial charge in [-0.3, -0.25) is 14.4 Å². The molecule has 1 saturated carbocycles. The molecule has 1 heterocycles. The molecule has 0 bridgehead atoms. The van der Waals surface area contributed by atoms with Crippen LogP contribution in [0.25, 0.3) is 0 Å². The number of ketones is 2. The highest BCUT2D eigenvalue weighted by molar-refractivity contribution is 7.93. The summed E-state index contributed by atoms with van der Waals surface area (Å²) in [6.07, 6.45) is 1.50. The first kappa shape index (κ1) is 22.0. The van der Waals surface area contributed by atoms with Gasteiger partial charge in [0, 0.05) is 11.3 Å². The van der Waals surface area contributed by atoms with Gasteiger partial charge >= 0.3 is 5.97 Å². The van der Waals surface area contributed by atoms with Crippen LogP contribution < -0.4 is 0 Å². The number of rotatable bonds is 7. The second-order valence-corrected chi connectivity index (χ2v) is 9.96. The van der Waals surface area contributed by atoms with Crippen LogP contribution in [0.2, 0.25) is 0 Å². The van der Waals surface area contributed by atoms with E-state index in [0.717, 1.165) is 0 Å². The Bertz CT molecular complexity index is 1090. The van der Waals surface area contributed by atoms with E-state index in [9.17, 15) is 22.8 Å². The SMILES string of the molecule is CC(=O)c1c(C)[nH]c(C(=O)COC(=O)C2(S(=O)(=O)c3ccccc3)CCCC2)c1C. The Morgan fingerprint density at radius 3 is 2.20 bits per heavy atom. The molecule has 8 heteroatoms. The number of benzene rings is 1. The van der Waals surface area contributed by atoms with Crippen LogP contribution in [0.5, 0.6) is 0 Å². The van der Waals surface area contributed by atoms with Crippen molar-refractivity contribution in [2.45, 2.75) is 56.1 Å². The third-order valence-electron chi connectivity index (χ3n) is 5.75. The lowest BCUT2D eigenvalue weighted by molar-refractivity contribution is -0.145. The molecule has 0 radical (unpaired) electrons. The molecule has 1 aromatic heterocycles. The Morgan fingerprint density at radius 1 is 1.07 bits per heavy atom. The quantitative estimate of drug-likeness (QED) is 0.532. The van der Waals surface area contributed by atoms with Gasteiger partial charge in [0.05, 0.1) is 10.6 Å². The number of aryl methyl sites for hydroxylation is 1. The van der Waals surface area contributed by atoms with E-state index in [1.807, 2.05) is 0 Å². The van der Waals surface area contributed by atoms with Crippen molar-refractivity contribution in [1.29, 1.82) is 0 Å². The molecule has 0 amide bonds. The molecule has 160 valence electrons. The van der Waals surface area contributed by atoms with E-state index < -0.39 is 32.9 Å². The number of hydrogen-bond donors (Lipinski definition) is 1. The molecule has 1 aromatic carbocycles. The first-order chi connectivity index (χ1) is 14.1. The number of H-pyrrole nitrogens is 1. The average molecular weight is 432 g/mol. The molecule has 0 aliphatic heterocycles. The van der Waals surface area contributed by atoms with Gasteiger partial charge in [-0.25, -0.2) is 8.42 Å². The van der Waals surface area contributed by atoms with E-state index in [1.54, 1.807) is 32.0 Å². The lowest BCUT2D eigenvalue weighted by Crippen LogP contribution is -2.45. The molecule has 1 aliphatic rings. The zero-order chi connectivity index (χ0) is 22.1. The molecule has 30 heavy (non-hydrogen) atoms. The minimum Gasteiger partial charge on any atom is -0.456 e. The highest BCUT2D eigenvalue weighted by atomic mass is 32.2. The predicted molar refractivity (Wildman–Crippen MR) is 110 cm³/mol. The number of nitrogens with one attached hydrogen (secondary N) is 1. The van der Waals surface area contributed by atoms with Gasteiger partial charge in [-0.1, -0.05) is 31.0 Å². The standard InChI is InChI=1S/C22H25NO6S/c1-14-19(16(3)24)15(2)23-20(14)18(25)13-29-21(26)22(11-7-8-12-22)30(27,28)17-9-5-4-6-10-17/h4-6,9-10,23H,7-8,11-13H2,1-3H3. The minimum absolute atomic E-state index is 0.0668. The van der Waals surface area contributed by atoms with Crippen molar-refractivity contribution in [2.75, 3.05) is 6.61 Å². The van der Waals surface area contributed by atoms with Crippen molar-refractivity contribution >= 4 is 27.4 Å². The summed E-state index contributed by atoms with van der Waals surface area (Å²) in [6, 6.07) is 7.83. The predicted octanol–water partition coefficient (Wildman–Crippen LogP) is 3.35. The number of carbonyl (C=O) groups excluding carboxylic acids is 3. The number of carbonyl (C=O) groups is 3. The summed E-state index contributed by atoms with van der Waals surface area (Å²) in [4.78, 5) is 40.3. The van der Waals surface area contributed by atoms with Gasteiger partial charge in [0.2, 0.25) is 5.78 Å². The summed E-state index contributed by atoms with van der Waals surface area (Å²) in [5.41, 5.74) is 1.68. The van der Waals surface area contributed by atoms with Crippen molar-refractivity contribution in [1.82, 2.24) is 4.98 Å². The summed E-state index contributed by atoms with van der Waals surface area (Å²) < 4.78 is 30.1. The molecule has 1 N–H and O–H groups in total. The van der Waals surface area contributed by atoms with Crippen LogP contribution in [0.4, 0.5) is 0 Å². The number of Topliss-reactive ketones (excluding diaryl/α,β-unsaturated/α-hetero) is 2. The van der Waals surface area contributed by atoms with Crippen molar-refractivity contribution in [3.63, 3.8) is 0 Å². The second-order valence-electron chi connectivity index (χ2n) is 7.70. The number of aromatic nitrogens is 1. The maximum atomic E-state index is 13.3. The summed E-state index contributed by atoms with van der Waals surface area (Å²) >= 11 is 0. The summed E-state index contributed by atoms with van der Waals surface area (Å²) in [7, 11) is -3.97. The third kappa shape index (κ3) is 3.60. The van der Waals surface area contributed by atoms with Gasteiger partial charge in [-0.2, -0.15) is 0 Å². The van der Waals surface area contributed by atoms with Gasteiger partial charge in [-0.05, 0) is 51.3 Å². The van der Waals surface area contributed by atoms with Crippen molar-refractivity contribution < 1.29 is 27.5 Å². The van der Waals surface area contributed by atoms with Crippen molar-refractivity contribution in [3.05, 3.63) is 52.8 Å². The Balaban J connectivity index is 1.83. The molecule has 0 unspecified atom stereocenters. The zero-order valence-electron chi connectivity index (χ0n) is 17.3. The fourth-order valence-corrected chi connectivity index (χ4v) is 6.32. The van der Waals surface area contributed by atoms with Crippen LogP contribution in [0.15, 0.2) is 35.2 Å². The third-order valence-corrected chi connectivity index (χ3v) is 8.25. The van der Waals surface area contributed by atoms with Crippen LogP contribution in [-0.4, -0.2) is 42.3 Å². The fourth-order valence-electron chi connectivity index (χ4n) is 4.25. The van der Waals surface area contributed by atoms with Crippen LogP contribution in [0.1, 0.15) is 64.7 Å². The van der Waals surface area contributed by atoms with Crippen LogP contribution in [0.3, 0.4) is 0 Å². The van der Waals surface area contributed by atoms with E-state index in [1.165, 1.54) is 19.1 Å². The average Bonchev–Trinajstić information content (AvgIpc) is 3.32. The van der Waals surface area contributed by atoms with Crippen LogP contribution in [0, 0.1) is 13.8 Å². The number of ether oxygens (including phenoxy) is 1. The summed E-state index contributed by atoms with van der Waals surface area (Å²) in [6.45, 7) is 4.15. The molecule has 3 rings (SSSR count). The molecular weight excluding hydrogens is 406 g/mol. The molecule has 1 fully saturated rings. The largest absolute Gasteiger partial charge is 0.456 e. The molecule has 0 saturated heterocycles. The van der Waals surface area contributed by atoms with Crippen LogP contribution in [-0.2, 0) is 19.4 Å². The van der Waals surface area contributed by atoms with E-state index in [2.05, 4.69) is 4.98 Å². The second kappa shape index (κ2) is 8.18. The van der Waals surface area contributed by atoms with E-state index >= 15 is 0 Å². The zero-order valence-corrected chi connectivity index (χ0v) is 18.1. The summed E-state index contributed by atoms with van der Waals surface area (Å²) in [5, 5.41) is 0. The van der Waals surface area contributed by atoms with Crippen LogP contribution >= 0.6 is 0 Å². The van der Waals surface area contributed by atoms with Gasteiger partial charge in [-0.15, -0.1) is 0 Å². The Labute approximate surface area is 175 Å². The monoisotopic (exact) mass is 431 g/mol. The highest BCUT2D eigenvalue weighted by Gasteiger charge is 2.54. The van der Waals surface area contributed by atoms with E-state index in [0.29, 0.717) is 29.7 Å². The Morgan fingerprint density at radius 2 is 1.67 bits per heavy atom. The van der Waals surface area contributed by atoms with Gasteiger partial charge in [0.25, 0.3) is 0 Å². The number of sulfone groups is 1. The molecule has 7 nitrogen and oxygen atoms in total. The van der Waals surface area contributed by atoms with Gasteiger partial charge < -0.3 is 9.72 Å². The van der Waals surface area contributed by atoms with E-state index in [-0.39, 0.29) is 29.2 Å². The lowest BCUT2D eigenvalue weighted by atomic mass is 10.1. The Hall–Kier alpha value is -2.74. The number of esters is 1. The fraction of sp³-hybridized carbons (Fsp3) is 0.409. The maximum absolute atomic E-state index is 13.3. The number of aromatic amines is 1. The Kier molecular flexibility index (Phi) is 5.99. The van der Waals surface area contributed by atoms with Gasteiger partial charge in [0.15, 0.2) is 27.0 Å². The smallest absolute Gasteiger partial charge is 0.328 e. The highest BCUT2D eigenvalue weighted by Crippen LogP contribution is 2.41. The van der Waals surface area contributed by atoms with Gasteiger partial charge in [0.1, 0.15) is 0 Å². The van der Waals surface area contributed by atoms with Crippen molar-refractivity contribution in [2.24, 2.45) is 0 Å².